The molecule has 0 radical (unpaired) electrons. The molecule has 1 rings (SSSR count). The second-order valence-electron chi connectivity index (χ2n) is 4.47. The van der Waals surface area contributed by atoms with Gasteiger partial charge in [-0.3, -0.25) is 4.90 Å². The van der Waals surface area contributed by atoms with Gasteiger partial charge in [0.15, 0.2) is 0 Å². The summed E-state index contributed by atoms with van der Waals surface area (Å²) in [5.74, 6) is 0. The number of likely N-dealkylation sites (tertiary alicyclic amines) is 1. The van der Waals surface area contributed by atoms with Gasteiger partial charge in [-0.1, -0.05) is 26.0 Å². The van der Waals surface area contributed by atoms with E-state index in [2.05, 4.69) is 51.8 Å². The minimum absolute atomic E-state index is 0.314. The lowest BCUT2D eigenvalue weighted by Gasteiger charge is -2.42. The third kappa shape index (κ3) is 3.49. The Bertz CT molecular complexity index is 246. The molecule has 1 heterocycles. The van der Waals surface area contributed by atoms with Crippen molar-refractivity contribution in [2.24, 2.45) is 0 Å². The number of rotatable bonds is 0. The monoisotopic (exact) mass is 209 g/mol. The Kier molecular flexibility index (Phi) is 5.89. The third-order valence-corrected chi connectivity index (χ3v) is 3.17. The number of hydrogen-bond acceptors (Lipinski definition) is 1. The molecule has 0 aliphatic carbocycles. The largest absolute Gasteiger partial charge is 0.297 e. The van der Waals surface area contributed by atoms with Gasteiger partial charge in [0.1, 0.15) is 0 Å². The zero-order chi connectivity index (χ0) is 12.1. The van der Waals surface area contributed by atoms with Gasteiger partial charge in [-0.2, -0.15) is 0 Å². The van der Waals surface area contributed by atoms with E-state index < -0.39 is 0 Å². The molecule has 1 aliphatic heterocycles. The first kappa shape index (κ1) is 14.4. The molecule has 0 unspecified atom stereocenters. The first-order chi connectivity index (χ1) is 7.01. The van der Waals surface area contributed by atoms with Crippen LogP contribution in [0.4, 0.5) is 0 Å². The molecule has 88 valence electrons. The summed E-state index contributed by atoms with van der Waals surface area (Å²) >= 11 is 0. The summed E-state index contributed by atoms with van der Waals surface area (Å²) in [5.41, 5.74) is 3.32. The summed E-state index contributed by atoms with van der Waals surface area (Å²) in [6.45, 7) is 14.0. The first-order valence-corrected chi connectivity index (χ1v) is 6.03. The van der Waals surface area contributed by atoms with Gasteiger partial charge in [0, 0.05) is 12.1 Å². The van der Waals surface area contributed by atoms with Crippen LogP contribution in [0, 0.1) is 0 Å². The molecule has 1 saturated heterocycles. The lowest BCUT2D eigenvalue weighted by Crippen LogP contribution is -2.46. The van der Waals surface area contributed by atoms with E-state index in [-0.39, 0.29) is 0 Å². The van der Waals surface area contributed by atoms with E-state index in [1.54, 1.807) is 0 Å². The van der Waals surface area contributed by atoms with E-state index in [0.29, 0.717) is 5.54 Å². The van der Waals surface area contributed by atoms with Gasteiger partial charge in [-0.25, -0.2) is 0 Å². The van der Waals surface area contributed by atoms with E-state index in [0.717, 1.165) is 6.54 Å². The van der Waals surface area contributed by atoms with Crippen LogP contribution in [-0.4, -0.2) is 24.0 Å². The number of nitrogens with zero attached hydrogens (tertiary/aromatic N) is 1. The molecular weight excluding hydrogens is 182 g/mol. The van der Waals surface area contributed by atoms with E-state index in [4.69, 9.17) is 0 Å². The first-order valence-electron chi connectivity index (χ1n) is 6.03. The van der Waals surface area contributed by atoms with E-state index >= 15 is 0 Å². The Morgan fingerprint density at radius 1 is 1.07 bits per heavy atom. The van der Waals surface area contributed by atoms with Gasteiger partial charge < -0.3 is 0 Å². The fourth-order valence-electron chi connectivity index (χ4n) is 1.85. The highest BCUT2D eigenvalue weighted by Crippen LogP contribution is 2.32. The minimum atomic E-state index is 0.314. The Labute approximate surface area is 95.9 Å². The van der Waals surface area contributed by atoms with Crippen LogP contribution in [0.2, 0.25) is 0 Å². The second-order valence-corrected chi connectivity index (χ2v) is 4.47. The standard InChI is InChI=1S/C12H21N.C2H6/c1-6-10-8-12(3,4)13(5)9-11(10)7-2;1-2/h6-7H,8-9H2,1-5H3;1-2H3/b10-6-,11-7-;. The molecule has 1 heteroatoms. The summed E-state index contributed by atoms with van der Waals surface area (Å²) in [4.78, 5) is 2.43. The molecule has 1 nitrogen and oxygen atoms in total. The second kappa shape index (κ2) is 6.12. The number of likely N-dealkylation sites (N-methyl/N-ethyl adjacent to an activating group) is 1. The Hall–Kier alpha value is -0.560. The van der Waals surface area contributed by atoms with Crippen molar-refractivity contribution in [2.75, 3.05) is 13.6 Å². The van der Waals surface area contributed by atoms with Crippen molar-refractivity contribution in [1.82, 2.24) is 4.90 Å². The van der Waals surface area contributed by atoms with Crippen LogP contribution < -0.4 is 0 Å². The van der Waals surface area contributed by atoms with Crippen LogP contribution in [0.1, 0.15) is 48.0 Å². The van der Waals surface area contributed by atoms with Gasteiger partial charge in [0.2, 0.25) is 0 Å². The smallest absolute Gasteiger partial charge is 0.0235 e. The van der Waals surface area contributed by atoms with Crippen molar-refractivity contribution >= 4 is 0 Å². The number of allylic oxidation sites excluding steroid dienone is 2. The normalized spacial score (nSPS) is 26.3. The molecule has 0 aromatic heterocycles. The number of piperidine rings is 1. The summed E-state index contributed by atoms with van der Waals surface area (Å²) in [7, 11) is 2.20. The average Bonchev–Trinajstić information content (AvgIpc) is 2.24. The lowest BCUT2D eigenvalue weighted by atomic mass is 9.84. The summed E-state index contributed by atoms with van der Waals surface area (Å²) in [6, 6.07) is 0. The van der Waals surface area contributed by atoms with Crippen molar-refractivity contribution in [3.8, 4) is 0 Å². The predicted octanol–water partition coefficient (Wildman–Crippen LogP) is 4.02. The van der Waals surface area contributed by atoms with Crippen molar-refractivity contribution < 1.29 is 0 Å². The Morgan fingerprint density at radius 2 is 1.53 bits per heavy atom. The molecule has 0 spiro atoms. The van der Waals surface area contributed by atoms with Gasteiger partial charge in [0.05, 0.1) is 0 Å². The minimum Gasteiger partial charge on any atom is -0.297 e. The lowest BCUT2D eigenvalue weighted by molar-refractivity contribution is 0.155. The van der Waals surface area contributed by atoms with Crippen molar-refractivity contribution in [2.45, 2.75) is 53.5 Å². The molecule has 0 aromatic rings. The van der Waals surface area contributed by atoms with Gasteiger partial charge in [-0.05, 0) is 52.3 Å². The maximum atomic E-state index is 2.43. The molecule has 0 N–H and O–H groups in total. The average molecular weight is 209 g/mol. The summed E-state index contributed by atoms with van der Waals surface area (Å²) in [5, 5.41) is 0. The summed E-state index contributed by atoms with van der Waals surface area (Å²) in [6.07, 6.45) is 5.66. The highest BCUT2D eigenvalue weighted by Gasteiger charge is 2.30. The third-order valence-electron chi connectivity index (χ3n) is 3.17. The maximum Gasteiger partial charge on any atom is 0.0235 e. The van der Waals surface area contributed by atoms with E-state index in [1.807, 2.05) is 13.8 Å². The highest BCUT2D eigenvalue weighted by atomic mass is 15.2. The van der Waals surface area contributed by atoms with Crippen LogP contribution in [0.25, 0.3) is 0 Å². The molecular formula is C14H27N. The van der Waals surface area contributed by atoms with Crippen LogP contribution in [-0.2, 0) is 0 Å². The van der Waals surface area contributed by atoms with Gasteiger partial charge in [0.25, 0.3) is 0 Å². The van der Waals surface area contributed by atoms with E-state index in [1.165, 1.54) is 17.6 Å². The quantitative estimate of drug-likeness (QED) is 0.582. The SMILES string of the molecule is C/C=C1/CC(C)(C)N(C)C/C1=C/C.CC. The molecule has 1 fully saturated rings. The van der Waals surface area contributed by atoms with Gasteiger partial charge >= 0.3 is 0 Å². The van der Waals surface area contributed by atoms with Crippen LogP contribution in [0.3, 0.4) is 0 Å². The zero-order valence-corrected chi connectivity index (χ0v) is 11.5. The van der Waals surface area contributed by atoms with Gasteiger partial charge in [-0.15, -0.1) is 0 Å². The predicted molar refractivity (Wildman–Crippen MR) is 70.2 cm³/mol. The fourth-order valence-corrected chi connectivity index (χ4v) is 1.85. The Morgan fingerprint density at radius 3 is 1.93 bits per heavy atom. The molecule has 0 amide bonds. The molecule has 0 saturated carbocycles. The van der Waals surface area contributed by atoms with Crippen LogP contribution in [0.15, 0.2) is 23.3 Å². The van der Waals surface area contributed by atoms with E-state index in [9.17, 15) is 0 Å². The fraction of sp³-hybridized carbons (Fsp3) is 0.714. The van der Waals surface area contributed by atoms with Crippen LogP contribution in [0.5, 0.6) is 0 Å². The molecule has 15 heavy (non-hydrogen) atoms. The maximum absolute atomic E-state index is 2.43. The molecule has 0 aromatic carbocycles. The topological polar surface area (TPSA) is 3.24 Å². The van der Waals surface area contributed by atoms with Crippen molar-refractivity contribution in [1.29, 1.82) is 0 Å². The van der Waals surface area contributed by atoms with Crippen molar-refractivity contribution in [3.63, 3.8) is 0 Å². The number of hydrogen-bond donors (Lipinski definition) is 0. The Balaban J connectivity index is 0.000000921. The summed E-state index contributed by atoms with van der Waals surface area (Å²) < 4.78 is 0. The molecule has 0 bridgehead atoms. The molecule has 1 aliphatic rings. The zero-order valence-electron chi connectivity index (χ0n) is 11.5. The van der Waals surface area contributed by atoms with Crippen molar-refractivity contribution in [3.05, 3.63) is 23.3 Å². The van der Waals surface area contributed by atoms with Crippen LogP contribution >= 0.6 is 0 Å². The molecule has 0 atom stereocenters. The highest BCUT2D eigenvalue weighted by molar-refractivity contribution is 5.35.